The first kappa shape index (κ1) is 21.2. The second-order valence-corrected chi connectivity index (χ2v) is 8.45. The van der Waals surface area contributed by atoms with Gasteiger partial charge in [-0.2, -0.15) is 0 Å². The van der Waals surface area contributed by atoms with E-state index in [4.69, 9.17) is 0 Å². The summed E-state index contributed by atoms with van der Waals surface area (Å²) in [6.07, 6.45) is 6.08. The Morgan fingerprint density at radius 1 is 1.16 bits per heavy atom. The van der Waals surface area contributed by atoms with Crippen molar-refractivity contribution in [3.05, 3.63) is 41.8 Å². The summed E-state index contributed by atoms with van der Waals surface area (Å²) in [4.78, 5) is 31.3. The predicted molar refractivity (Wildman–Crippen MR) is 116 cm³/mol. The molecule has 2 aliphatic rings. The van der Waals surface area contributed by atoms with Gasteiger partial charge in [-0.25, -0.2) is 14.4 Å². The van der Waals surface area contributed by atoms with Crippen molar-refractivity contribution in [2.24, 2.45) is 0 Å². The number of benzene rings is 1. The van der Waals surface area contributed by atoms with Gasteiger partial charge in [0.2, 0.25) is 17.8 Å². The zero-order valence-electron chi connectivity index (χ0n) is 17.7. The third kappa shape index (κ3) is 5.37. The van der Waals surface area contributed by atoms with Crippen molar-refractivity contribution in [1.82, 2.24) is 20.6 Å². The fourth-order valence-electron chi connectivity index (χ4n) is 4.45. The molecule has 0 radical (unpaired) electrons. The highest BCUT2D eigenvalue weighted by Crippen LogP contribution is 2.29. The number of nitrogens with zero attached hydrogens (tertiary/aromatic N) is 2. The summed E-state index contributed by atoms with van der Waals surface area (Å²) in [6.45, 7) is 2.14. The molecule has 0 bridgehead atoms. The van der Waals surface area contributed by atoms with Crippen molar-refractivity contribution in [2.45, 2.75) is 63.5 Å². The van der Waals surface area contributed by atoms with Gasteiger partial charge in [0, 0.05) is 43.5 Å². The monoisotopic (exact) mass is 425 g/mol. The Kier molecular flexibility index (Phi) is 6.44. The smallest absolute Gasteiger partial charge is 0.223 e. The molecule has 1 aliphatic heterocycles. The van der Waals surface area contributed by atoms with Crippen molar-refractivity contribution < 1.29 is 14.0 Å². The summed E-state index contributed by atoms with van der Waals surface area (Å²) in [6, 6.07) is 8.12. The summed E-state index contributed by atoms with van der Waals surface area (Å²) in [5.74, 6) is 0.250. The minimum Gasteiger partial charge on any atom is -0.355 e. The molecule has 1 aliphatic carbocycles. The third-order valence-corrected chi connectivity index (χ3v) is 6.11. The standard InChI is InChI=1S/C23H28FN5O2/c1-14(30)27-18-6-8-19(9-7-18)28-23-26-13-20(24)22(29-23)16-4-2-3-15(11-16)17-5-10-21(31)25-12-17/h2-4,11,13,17-19H,5-10,12H2,1H3,(H,25,31)(H,27,30)(H,26,28,29)/t17?,18-,19-. The topological polar surface area (TPSA) is 96.0 Å². The molecule has 1 unspecified atom stereocenters. The maximum atomic E-state index is 14.6. The number of halogens is 1. The molecule has 1 aromatic heterocycles. The van der Waals surface area contributed by atoms with Crippen LogP contribution in [0.4, 0.5) is 10.3 Å². The van der Waals surface area contributed by atoms with Crippen molar-refractivity contribution in [3.8, 4) is 11.3 Å². The number of anilines is 1. The number of hydrogen-bond donors (Lipinski definition) is 3. The number of aromatic nitrogens is 2. The number of carbonyl (C=O) groups excluding carboxylic acids is 2. The maximum Gasteiger partial charge on any atom is 0.223 e. The van der Waals surface area contributed by atoms with Gasteiger partial charge in [-0.05, 0) is 43.7 Å². The Morgan fingerprint density at radius 2 is 1.94 bits per heavy atom. The lowest BCUT2D eigenvalue weighted by Crippen LogP contribution is -2.39. The van der Waals surface area contributed by atoms with Crippen LogP contribution in [0, 0.1) is 5.82 Å². The van der Waals surface area contributed by atoms with Crippen molar-refractivity contribution in [2.75, 3.05) is 11.9 Å². The van der Waals surface area contributed by atoms with E-state index in [0.717, 1.165) is 37.7 Å². The predicted octanol–water partition coefficient (Wildman–Crippen LogP) is 3.14. The fourth-order valence-corrected chi connectivity index (χ4v) is 4.45. The molecule has 1 saturated heterocycles. The van der Waals surface area contributed by atoms with Crippen LogP contribution in [0.2, 0.25) is 0 Å². The van der Waals surface area contributed by atoms with Crippen LogP contribution in [0.3, 0.4) is 0 Å². The van der Waals surface area contributed by atoms with Crippen LogP contribution in [-0.2, 0) is 9.59 Å². The van der Waals surface area contributed by atoms with Crippen LogP contribution in [0.1, 0.15) is 56.9 Å². The Hall–Kier alpha value is -3.03. The zero-order chi connectivity index (χ0) is 21.8. The molecule has 2 amide bonds. The molecule has 31 heavy (non-hydrogen) atoms. The van der Waals surface area contributed by atoms with E-state index < -0.39 is 5.82 Å². The second-order valence-electron chi connectivity index (χ2n) is 8.45. The Balaban J connectivity index is 1.45. The van der Waals surface area contributed by atoms with E-state index in [1.54, 1.807) is 0 Å². The lowest BCUT2D eigenvalue weighted by molar-refractivity contribution is -0.122. The molecule has 1 aromatic carbocycles. The van der Waals surface area contributed by atoms with Crippen LogP contribution in [0.5, 0.6) is 0 Å². The fraction of sp³-hybridized carbons (Fsp3) is 0.478. The SMILES string of the molecule is CC(=O)N[C@H]1CC[C@H](Nc2ncc(F)c(-c3cccc(C4CCC(=O)NC4)c3)n2)CC1. The number of hydrogen-bond acceptors (Lipinski definition) is 5. The largest absolute Gasteiger partial charge is 0.355 e. The number of amides is 2. The second kappa shape index (κ2) is 9.41. The molecule has 7 nitrogen and oxygen atoms in total. The van der Waals surface area contributed by atoms with E-state index >= 15 is 0 Å². The summed E-state index contributed by atoms with van der Waals surface area (Å²) < 4.78 is 14.6. The third-order valence-electron chi connectivity index (χ3n) is 6.11. The molecule has 1 atom stereocenters. The summed E-state index contributed by atoms with van der Waals surface area (Å²) in [7, 11) is 0. The van der Waals surface area contributed by atoms with Crippen LogP contribution in [0.25, 0.3) is 11.3 Å². The van der Waals surface area contributed by atoms with Crippen LogP contribution < -0.4 is 16.0 Å². The van der Waals surface area contributed by atoms with Crippen molar-refractivity contribution in [1.29, 1.82) is 0 Å². The van der Waals surface area contributed by atoms with Crippen LogP contribution in [0.15, 0.2) is 30.5 Å². The summed E-state index contributed by atoms with van der Waals surface area (Å²) >= 11 is 0. The van der Waals surface area contributed by atoms with Crippen LogP contribution in [-0.4, -0.2) is 40.4 Å². The van der Waals surface area contributed by atoms with Gasteiger partial charge in [0.1, 0.15) is 5.69 Å². The van der Waals surface area contributed by atoms with Gasteiger partial charge in [-0.3, -0.25) is 9.59 Å². The lowest BCUT2D eigenvalue weighted by atomic mass is 9.90. The Morgan fingerprint density at radius 3 is 2.65 bits per heavy atom. The molecule has 8 heteroatoms. The van der Waals surface area contributed by atoms with Gasteiger partial charge >= 0.3 is 0 Å². The van der Waals surface area contributed by atoms with E-state index in [1.807, 2.05) is 24.3 Å². The van der Waals surface area contributed by atoms with Crippen LogP contribution >= 0.6 is 0 Å². The van der Waals surface area contributed by atoms with E-state index in [9.17, 15) is 14.0 Å². The molecular weight excluding hydrogens is 397 g/mol. The van der Waals surface area contributed by atoms with Crippen molar-refractivity contribution in [3.63, 3.8) is 0 Å². The molecule has 164 valence electrons. The number of nitrogens with one attached hydrogen (secondary N) is 3. The first-order valence-electron chi connectivity index (χ1n) is 10.9. The Labute approximate surface area is 181 Å². The molecule has 0 spiro atoms. The molecule has 2 heterocycles. The molecular formula is C23H28FN5O2. The van der Waals surface area contributed by atoms with Gasteiger partial charge in [0.25, 0.3) is 0 Å². The van der Waals surface area contributed by atoms with E-state index in [2.05, 4.69) is 25.9 Å². The average molecular weight is 426 g/mol. The average Bonchev–Trinajstić information content (AvgIpc) is 2.77. The van der Waals surface area contributed by atoms with Gasteiger partial charge in [-0.15, -0.1) is 0 Å². The van der Waals surface area contributed by atoms with Gasteiger partial charge in [0.05, 0.1) is 6.20 Å². The zero-order valence-corrected chi connectivity index (χ0v) is 17.7. The van der Waals surface area contributed by atoms with Crippen molar-refractivity contribution >= 4 is 17.8 Å². The first-order valence-corrected chi connectivity index (χ1v) is 10.9. The lowest BCUT2D eigenvalue weighted by Gasteiger charge is -2.29. The minimum atomic E-state index is -0.464. The maximum absolute atomic E-state index is 14.6. The number of rotatable bonds is 5. The normalized spacial score (nSPS) is 23.7. The first-order chi connectivity index (χ1) is 15.0. The summed E-state index contributed by atoms with van der Waals surface area (Å²) in [5, 5.41) is 9.19. The molecule has 3 N–H and O–H groups in total. The molecule has 4 rings (SSSR count). The van der Waals surface area contributed by atoms with E-state index in [0.29, 0.717) is 24.5 Å². The van der Waals surface area contributed by atoms with E-state index in [-0.39, 0.29) is 35.5 Å². The summed E-state index contributed by atoms with van der Waals surface area (Å²) in [5.41, 5.74) is 2.04. The highest BCUT2D eigenvalue weighted by atomic mass is 19.1. The van der Waals surface area contributed by atoms with E-state index in [1.165, 1.54) is 13.1 Å². The molecule has 1 saturated carbocycles. The van der Waals surface area contributed by atoms with Gasteiger partial charge in [-0.1, -0.05) is 18.2 Å². The Bertz CT molecular complexity index is 949. The van der Waals surface area contributed by atoms with Gasteiger partial charge < -0.3 is 16.0 Å². The highest BCUT2D eigenvalue weighted by molar-refractivity contribution is 5.77. The minimum absolute atomic E-state index is 0.000701. The quantitative estimate of drug-likeness (QED) is 0.684. The van der Waals surface area contributed by atoms with Gasteiger partial charge in [0.15, 0.2) is 5.82 Å². The molecule has 2 aromatic rings. The number of carbonyl (C=O) groups is 2. The highest BCUT2D eigenvalue weighted by Gasteiger charge is 2.23. The molecule has 2 fully saturated rings. The number of piperidine rings is 1.